The molecule has 0 fully saturated rings. The molecule has 0 atom stereocenters. The predicted octanol–water partition coefficient (Wildman–Crippen LogP) is 3.88. The molecule has 0 amide bonds. The Morgan fingerprint density at radius 1 is 1.17 bits per heavy atom. The lowest BCUT2D eigenvalue weighted by atomic mass is 10.1. The molecule has 2 heterocycles. The summed E-state index contributed by atoms with van der Waals surface area (Å²) < 4.78 is 44.6. The number of oxazole rings is 1. The molecule has 3 rings (SSSR count). The lowest BCUT2D eigenvalue weighted by Gasteiger charge is -2.08. The fourth-order valence-electron chi connectivity index (χ4n) is 2.26. The van der Waals surface area contributed by atoms with Gasteiger partial charge in [-0.1, -0.05) is 17.7 Å². The first-order valence-electron chi connectivity index (χ1n) is 7.13. The van der Waals surface area contributed by atoms with Gasteiger partial charge in [0.2, 0.25) is 5.89 Å². The third-order valence-electron chi connectivity index (χ3n) is 3.51. The van der Waals surface area contributed by atoms with E-state index in [0.717, 1.165) is 21.8 Å². The van der Waals surface area contributed by atoms with E-state index in [-0.39, 0.29) is 6.54 Å². The standard InChI is InChI=1S/C17H13F3N2O2/c1-11-4-6-12(7-5-11)15-21-13(10-24-15)9-22-8-2-3-14(16(22)23)17(18,19)20/h2-8,10H,9H2,1H3. The maximum Gasteiger partial charge on any atom is 0.421 e. The summed E-state index contributed by atoms with van der Waals surface area (Å²) in [5, 5.41) is 0. The van der Waals surface area contributed by atoms with Gasteiger partial charge in [0.1, 0.15) is 11.8 Å². The van der Waals surface area contributed by atoms with Gasteiger partial charge in [0.25, 0.3) is 5.56 Å². The van der Waals surface area contributed by atoms with Crippen molar-refractivity contribution < 1.29 is 17.6 Å². The van der Waals surface area contributed by atoms with Crippen LogP contribution in [0.2, 0.25) is 0 Å². The molecule has 7 heteroatoms. The Morgan fingerprint density at radius 2 is 1.88 bits per heavy atom. The number of benzene rings is 1. The highest BCUT2D eigenvalue weighted by Crippen LogP contribution is 2.26. The van der Waals surface area contributed by atoms with Gasteiger partial charge in [-0.25, -0.2) is 4.98 Å². The molecule has 0 radical (unpaired) electrons. The fraction of sp³-hybridized carbons (Fsp3) is 0.176. The van der Waals surface area contributed by atoms with Crippen LogP contribution in [0.25, 0.3) is 11.5 Å². The summed E-state index contributed by atoms with van der Waals surface area (Å²) in [7, 11) is 0. The van der Waals surface area contributed by atoms with E-state index in [1.165, 1.54) is 18.5 Å². The Labute approximate surface area is 135 Å². The lowest BCUT2D eigenvalue weighted by molar-refractivity contribution is -0.138. The normalized spacial score (nSPS) is 11.7. The van der Waals surface area contributed by atoms with Crippen LogP contribution in [-0.4, -0.2) is 9.55 Å². The smallest absolute Gasteiger partial charge is 0.421 e. The van der Waals surface area contributed by atoms with Crippen molar-refractivity contribution >= 4 is 0 Å². The van der Waals surface area contributed by atoms with E-state index in [9.17, 15) is 18.0 Å². The summed E-state index contributed by atoms with van der Waals surface area (Å²) in [6, 6.07) is 9.42. The molecule has 2 aromatic heterocycles. The van der Waals surface area contributed by atoms with E-state index in [4.69, 9.17) is 4.42 Å². The van der Waals surface area contributed by atoms with Gasteiger partial charge in [0.05, 0.1) is 12.2 Å². The topological polar surface area (TPSA) is 48.0 Å². The molecule has 0 aliphatic rings. The molecule has 0 aliphatic heterocycles. The Balaban J connectivity index is 1.88. The quantitative estimate of drug-likeness (QED) is 0.730. The highest BCUT2D eigenvalue weighted by Gasteiger charge is 2.34. The molecular weight excluding hydrogens is 321 g/mol. The number of aryl methyl sites for hydroxylation is 1. The van der Waals surface area contributed by atoms with E-state index in [0.29, 0.717) is 11.6 Å². The molecule has 0 unspecified atom stereocenters. The maximum atomic E-state index is 12.8. The number of nitrogens with zero attached hydrogens (tertiary/aromatic N) is 2. The van der Waals surface area contributed by atoms with E-state index in [1.807, 2.05) is 31.2 Å². The van der Waals surface area contributed by atoms with Crippen LogP contribution < -0.4 is 5.56 Å². The molecule has 0 spiro atoms. The highest BCUT2D eigenvalue weighted by molar-refractivity contribution is 5.53. The van der Waals surface area contributed by atoms with Gasteiger partial charge in [0, 0.05) is 11.8 Å². The molecule has 0 saturated carbocycles. The summed E-state index contributed by atoms with van der Waals surface area (Å²) in [5.41, 5.74) is -0.103. The first-order valence-corrected chi connectivity index (χ1v) is 7.13. The number of hydrogen-bond acceptors (Lipinski definition) is 3. The van der Waals surface area contributed by atoms with Crippen LogP contribution in [0.5, 0.6) is 0 Å². The van der Waals surface area contributed by atoms with Crippen LogP contribution in [0.3, 0.4) is 0 Å². The average Bonchev–Trinajstić information content (AvgIpc) is 2.97. The number of halogens is 3. The monoisotopic (exact) mass is 334 g/mol. The van der Waals surface area contributed by atoms with E-state index in [2.05, 4.69) is 4.98 Å². The molecule has 0 saturated heterocycles. The number of pyridine rings is 1. The largest absolute Gasteiger partial charge is 0.444 e. The highest BCUT2D eigenvalue weighted by atomic mass is 19.4. The zero-order chi connectivity index (χ0) is 17.3. The van der Waals surface area contributed by atoms with Crippen LogP contribution in [0.15, 0.2) is 58.1 Å². The summed E-state index contributed by atoms with van der Waals surface area (Å²) in [6.07, 6.45) is -2.06. The minimum absolute atomic E-state index is 0.0991. The Kier molecular flexibility index (Phi) is 4.01. The van der Waals surface area contributed by atoms with Crippen molar-refractivity contribution in [3.8, 4) is 11.5 Å². The molecule has 4 nitrogen and oxygen atoms in total. The van der Waals surface area contributed by atoms with Gasteiger partial charge < -0.3 is 8.98 Å². The minimum atomic E-state index is -4.68. The molecule has 3 aromatic rings. The Hall–Kier alpha value is -2.83. The van der Waals surface area contributed by atoms with Crippen molar-refractivity contribution in [3.63, 3.8) is 0 Å². The van der Waals surface area contributed by atoms with Crippen molar-refractivity contribution in [2.45, 2.75) is 19.6 Å². The Morgan fingerprint density at radius 3 is 2.54 bits per heavy atom. The molecule has 0 N–H and O–H groups in total. The average molecular weight is 334 g/mol. The molecule has 24 heavy (non-hydrogen) atoms. The summed E-state index contributed by atoms with van der Waals surface area (Å²) >= 11 is 0. The lowest BCUT2D eigenvalue weighted by Crippen LogP contribution is -2.28. The third kappa shape index (κ3) is 3.24. The molecular formula is C17H13F3N2O2. The van der Waals surface area contributed by atoms with Crippen LogP contribution in [0.4, 0.5) is 13.2 Å². The van der Waals surface area contributed by atoms with E-state index >= 15 is 0 Å². The van der Waals surface area contributed by atoms with Gasteiger partial charge in [-0.15, -0.1) is 0 Å². The summed E-state index contributed by atoms with van der Waals surface area (Å²) in [4.78, 5) is 16.1. The third-order valence-corrected chi connectivity index (χ3v) is 3.51. The molecule has 1 aromatic carbocycles. The van der Waals surface area contributed by atoms with Gasteiger partial charge in [-0.3, -0.25) is 4.79 Å². The summed E-state index contributed by atoms with van der Waals surface area (Å²) in [5.74, 6) is 0.352. The SMILES string of the molecule is Cc1ccc(-c2nc(Cn3cccc(C(F)(F)F)c3=O)co2)cc1. The van der Waals surface area contributed by atoms with Crippen LogP contribution in [0.1, 0.15) is 16.8 Å². The van der Waals surface area contributed by atoms with Crippen LogP contribution in [0, 0.1) is 6.92 Å². The van der Waals surface area contributed by atoms with Crippen LogP contribution >= 0.6 is 0 Å². The number of hydrogen-bond donors (Lipinski definition) is 0. The van der Waals surface area contributed by atoms with Crippen molar-refractivity contribution in [2.24, 2.45) is 0 Å². The van der Waals surface area contributed by atoms with Gasteiger partial charge >= 0.3 is 6.18 Å². The van der Waals surface area contributed by atoms with Crippen molar-refractivity contribution in [3.05, 3.63) is 76.0 Å². The number of alkyl halides is 3. The maximum absolute atomic E-state index is 12.8. The molecule has 0 bridgehead atoms. The van der Waals surface area contributed by atoms with E-state index < -0.39 is 17.3 Å². The zero-order valence-corrected chi connectivity index (χ0v) is 12.7. The predicted molar refractivity (Wildman–Crippen MR) is 81.5 cm³/mol. The second-order valence-corrected chi connectivity index (χ2v) is 5.36. The first-order chi connectivity index (χ1) is 11.3. The summed E-state index contributed by atoms with van der Waals surface area (Å²) in [6.45, 7) is 1.85. The van der Waals surface area contributed by atoms with Gasteiger partial charge in [-0.2, -0.15) is 13.2 Å². The van der Waals surface area contributed by atoms with Crippen molar-refractivity contribution in [1.29, 1.82) is 0 Å². The minimum Gasteiger partial charge on any atom is -0.444 e. The first kappa shape index (κ1) is 16.0. The van der Waals surface area contributed by atoms with Gasteiger partial charge in [-0.05, 0) is 31.2 Å². The fourth-order valence-corrected chi connectivity index (χ4v) is 2.26. The second kappa shape index (κ2) is 5.99. The second-order valence-electron chi connectivity index (χ2n) is 5.36. The number of rotatable bonds is 3. The molecule has 0 aliphatic carbocycles. The zero-order valence-electron chi connectivity index (χ0n) is 12.7. The van der Waals surface area contributed by atoms with Crippen molar-refractivity contribution in [2.75, 3.05) is 0 Å². The number of aromatic nitrogens is 2. The molecule has 124 valence electrons. The van der Waals surface area contributed by atoms with Gasteiger partial charge in [0.15, 0.2) is 0 Å². The van der Waals surface area contributed by atoms with E-state index in [1.54, 1.807) is 0 Å². The van der Waals surface area contributed by atoms with Crippen LogP contribution in [-0.2, 0) is 12.7 Å². The van der Waals surface area contributed by atoms with Crippen molar-refractivity contribution in [1.82, 2.24) is 9.55 Å². The Bertz CT molecular complexity index is 909.